The number of methoxy groups -OCH3 is 1. The molecule has 1 aliphatic rings. The van der Waals surface area contributed by atoms with Crippen molar-refractivity contribution in [3.63, 3.8) is 0 Å². The summed E-state index contributed by atoms with van der Waals surface area (Å²) < 4.78 is 31.2. The van der Waals surface area contributed by atoms with Crippen LogP contribution in [0.2, 0.25) is 0 Å². The molecule has 1 fully saturated rings. The first kappa shape index (κ1) is 17.4. The van der Waals surface area contributed by atoms with E-state index in [0.29, 0.717) is 6.54 Å². The summed E-state index contributed by atoms with van der Waals surface area (Å²) in [6.07, 6.45) is 3.89. The second kappa shape index (κ2) is 7.38. The SMILES string of the molecule is CCCN(C1CCC(N)CC1)S(=O)(=O)C(C)C(=O)OC. The summed E-state index contributed by atoms with van der Waals surface area (Å²) in [6, 6.07) is 0.113. The van der Waals surface area contributed by atoms with E-state index < -0.39 is 21.2 Å². The molecule has 20 heavy (non-hydrogen) atoms. The molecule has 0 aromatic carbocycles. The number of esters is 1. The van der Waals surface area contributed by atoms with E-state index in [9.17, 15) is 13.2 Å². The first-order valence-electron chi connectivity index (χ1n) is 7.18. The average Bonchev–Trinajstić information content (AvgIpc) is 2.44. The fourth-order valence-electron chi connectivity index (χ4n) is 2.62. The largest absolute Gasteiger partial charge is 0.468 e. The zero-order valence-corrected chi connectivity index (χ0v) is 13.4. The summed E-state index contributed by atoms with van der Waals surface area (Å²) in [4.78, 5) is 11.6. The summed E-state index contributed by atoms with van der Waals surface area (Å²) in [6.45, 7) is 3.75. The summed E-state index contributed by atoms with van der Waals surface area (Å²) >= 11 is 0. The van der Waals surface area contributed by atoms with Crippen molar-refractivity contribution in [2.75, 3.05) is 13.7 Å². The lowest BCUT2D eigenvalue weighted by Crippen LogP contribution is -2.49. The molecule has 1 aliphatic carbocycles. The Bertz CT molecular complexity index is 416. The maximum Gasteiger partial charge on any atom is 0.325 e. The lowest BCUT2D eigenvalue weighted by Gasteiger charge is -2.36. The third-order valence-corrected chi connectivity index (χ3v) is 6.12. The van der Waals surface area contributed by atoms with Crippen molar-refractivity contribution in [1.29, 1.82) is 0 Å². The van der Waals surface area contributed by atoms with Gasteiger partial charge in [-0.3, -0.25) is 4.79 Å². The number of carbonyl (C=O) groups excluding carboxylic acids is 1. The van der Waals surface area contributed by atoms with Crippen molar-refractivity contribution >= 4 is 16.0 Å². The Hall–Kier alpha value is -0.660. The van der Waals surface area contributed by atoms with E-state index in [0.717, 1.165) is 32.1 Å². The maximum absolute atomic E-state index is 12.6. The summed E-state index contributed by atoms with van der Waals surface area (Å²) in [7, 11) is -2.47. The van der Waals surface area contributed by atoms with Crippen molar-refractivity contribution in [3.8, 4) is 0 Å². The highest BCUT2D eigenvalue weighted by Gasteiger charge is 2.38. The molecule has 0 aromatic rings. The summed E-state index contributed by atoms with van der Waals surface area (Å²) in [5.74, 6) is -0.710. The van der Waals surface area contributed by atoms with Gasteiger partial charge in [-0.05, 0) is 39.0 Å². The van der Waals surface area contributed by atoms with Crippen LogP contribution in [0.4, 0.5) is 0 Å². The number of rotatable bonds is 6. The Kier molecular flexibility index (Phi) is 6.42. The molecule has 1 atom stereocenters. The molecule has 0 aliphatic heterocycles. The van der Waals surface area contributed by atoms with Gasteiger partial charge >= 0.3 is 5.97 Å². The molecule has 0 amide bonds. The molecular formula is C13H26N2O4S. The van der Waals surface area contributed by atoms with Crippen LogP contribution < -0.4 is 5.73 Å². The van der Waals surface area contributed by atoms with E-state index in [1.807, 2.05) is 6.92 Å². The van der Waals surface area contributed by atoms with Crippen LogP contribution in [0.15, 0.2) is 0 Å². The van der Waals surface area contributed by atoms with E-state index in [1.54, 1.807) is 0 Å². The van der Waals surface area contributed by atoms with Gasteiger partial charge in [0, 0.05) is 18.6 Å². The number of hydrogen-bond donors (Lipinski definition) is 1. The number of nitrogens with two attached hydrogens (primary N) is 1. The quantitative estimate of drug-likeness (QED) is 0.735. The molecule has 0 heterocycles. The molecule has 0 aromatic heterocycles. The fraction of sp³-hybridized carbons (Fsp3) is 0.923. The standard InChI is InChI=1S/C13H26N2O4S/c1-4-9-15(12-7-5-11(14)6-8-12)20(17,18)10(2)13(16)19-3/h10-12H,4-9,14H2,1-3H3. The molecule has 1 saturated carbocycles. The van der Waals surface area contributed by atoms with Gasteiger partial charge in [-0.2, -0.15) is 4.31 Å². The number of sulfonamides is 1. The zero-order valence-electron chi connectivity index (χ0n) is 12.5. The Morgan fingerprint density at radius 2 is 1.90 bits per heavy atom. The van der Waals surface area contributed by atoms with Crippen LogP contribution in [0.5, 0.6) is 0 Å². The molecule has 6 nitrogen and oxygen atoms in total. The highest BCUT2D eigenvalue weighted by atomic mass is 32.2. The van der Waals surface area contributed by atoms with Crippen molar-refractivity contribution in [2.45, 2.75) is 63.3 Å². The summed E-state index contributed by atoms with van der Waals surface area (Å²) in [5.41, 5.74) is 5.87. The van der Waals surface area contributed by atoms with E-state index in [-0.39, 0.29) is 12.1 Å². The van der Waals surface area contributed by atoms with Gasteiger partial charge < -0.3 is 10.5 Å². The Balaban J connectivity index is 2.91. The predicted molar refractivity (Wildman–Crippen MR) is 77.6 cm³/mol. The maximum atomic E-state index is 12.6. The minimum Gasteiger partial charge on any atom is -0.468 e. The first-order valence-corrected chi connectivity index (χ1v) is 8.69. The molecule has 7 heteroatoms. The van der Waals surface area contributed by atoms with E-state index in [2.05, 4.69) is 4.74 Å². The molecule has 0 saturated heterocycles. The molecule has 2 N–H and O–H groups in total. The van der Waals surface area contributed by atoms with Gasteiger partial charge in [0.05, 0.1) is 7.11 Å². The lowest BCUT2D eigenvalue weighted by atomic mass is 9.92. The van der Waals surface area contributed by atoms with Crippen LogP contribution in [0, 0.1) is 0 Å². The van der Waals surface area contributed by atoms with Gasteiger partial charge in [-0.15, -0.1) is 0 Å². The van der Waals surface area contributed by atoms with Crippen LogP contribution in [-0.4, -0.2) is 49.7 Å². The molecule has 0 radical (unpaired) electrons. The number of ether oxygens (including phenoxy) is 1. The van der Waals surface area contributed by atoms with Crippen molar-refractivity contribution in [3.05, 3.63) is 0 Å². The van der Waals surface area contributed by atoms with Gasteiger partial charge in [-0.25, -0.2) is 8.42 Å². The van der Waals surface area contributed by atoms with Crippen LogP contribution in [0.1, 0.15) is 46.0 Å². The Morgan fingerprint density at radius 3 is 2.35 bits per heavy atom. The van der Waals surface area contributed by atoms with Crippen molar-refractivity contribution in [1.82, 2.24) is 4.31 Å². The fourth-order valence-corrected chi connectivity index (χ4v) is 4.43. The second-order valence-electron chi connectivity index (χ2n) is 5.39. The van der Waals surface area contributed by atoms with E-state index in [4.69, 9.17) is 5.73 Å². The van der Waals surface area contributed by atoms with Crippen molar-refractivity contribution in [2.24, 2.45) is 5.73 Å². The van der Waals surface area contributed by atoms with Gasteiger partial charge in [0.25, 0.3) is 0 Å². The van der Waals surface area contributed by atoms with Crippen LogP contribution in [-0.2, 0) is 19.6 Å². The number of hydrogen-bond acceptors (Lipinski definition) is 5. The molecule has 0 bridgehead atoms. The molecular weight excluding hydrogens is 280 g/mol. The third kappa shape index (κ3) is 3.93. The highest BCUT2D eigenvalue weighted by Crippen LogP contribution is 2.26. The first-order chi connectivity index (χ1) is 9.34. The predicted octanol–water partition coefficient (Wildman–Crippen LogP) is 0.860. The van der Waals surface area contributed by atoms with Crippen LogP contribution in [0.25, 0.3) is 0 Å². The monoisotopic (exact) mass is 306 g/mol. The minimum atomic E-state index is -3.67. The van der Waals surface area contributed by atoms with E-state index in [1.165, 1.54) is 18.3 Å². The minimum absolute atomic E-state index is 0.0492. The van der Waals surface area contributed by atoms with Gasteiger partial charge in [0.1, 0.15) is 0 Å². The molecule has 1 unspecified atom stereocenters. The number of nitrogens with zero attached hydrogens (tertiary/aromatic N) is 1. The highest BCUT2D eigenvalue weighted by molar-refractivity contribution is 7.90. The molecule has 1 rings (SSSR count). The smallest absolute Gasteiger partial charge is 0.325 e. The Labute approximate surface area is 121 Å². The number of carbonyl (C=O) groups is 1. The average molecular weight is 306 g/mol. The Morgan fingerprint density at radius 1 is 1.35 bits per heavy atom. The summed E-state index contributed by atoms with van der Waals surface area (Å²) in [5, 5.41) is -1.16. The van der Waals surface area contributed by atoms with Crippen molar-refractivity contribution < 1.29 is 17.9 Å². The van der Waals surface area contributed by atoms with E-state index >= 15 is 0 Å². The molecule has 118 valence electrons. The zero-order chi connectivity index (χ0) is 15.3. The van der Waals surface area contributed by atoms with Crippen LogP contribution in [0.3, 0.4) is 0 Å². The van der Waals surface area contributed by atoms with Crippen LogP contribution >= 0.6 is 0 Å². The normalized spacial score (nSPS) is 25.4. The van der Waals surface area contributed by atoms with Gasteiger partial charge in [0.2, 0.25) is 10.0 Å². The van der Waals surface area contributed by atoms with Gasteiger partial charge in [-0.1, -0.05) is 6.92 Å². The third-order valence-electron chi connectivity index (χ3n) is 3.90. The topological polar surface area (TPSA) is 89.7 Å². The molecule has 0 spiro atoms. The van der Waals surface area contributed by atoms with Gasteiger partial charge in [0.15, 0.2) is 5.25 Å². The second-order valence-corrected chi connectivity index (χ2v) is 7.60. The lowest BCUT2D eigenvalue weighted by molar-refractivity contribution is -0.139.